The van der Waals surface area contributed by atoms with Gasteiger partial charge in [-0.05, 0) is 34.7 Å². The zero-order chi connectivity index (χ0) is 10.0. The highest BCUT2D eigenvalue weighted by Crippen LogP contribution is 2.29. The fourth-order valence-corrected chi connectivity index (χ4v) is 2.15. The van der Waals surface area contributed by atoms with E-state index >= 15 is 0 Å². The van der Waals surface area contributed by atoms with Gasteiger partial charge in [-0.1, -0.05) is 35.4 Å². The first kappa shape index (κ1) is 11.7. The number of benzene rings is 1. The van der Waals surface area contributed by atoms with Gasteiger partial charge < -0.3 is 5.11 Å². The number of hydrogen-bond donors (Lipinski definition) is 1. The van der Waals surface area contributed by atoms with Crippen LogP contribution < -0.4 is 0 Å². The predicted molar refractivity (Wildman–Crippen MR) is 67.8 cm³/mol. The first-order chi connectivity index (χ1) is 6.06. The molecule has 13 heavy (non-hydrogen) atoms. The van der Waals surface area contributed by atoms with Crippen molar-refractivity contribution >= 4 is 63.4 Å². The maximum atomic E-state index is 9.48. The van der Waals surface area contributed by atoms with Crippen LogP contribution in [0.1, 0.15) is 11.7 Å². The summed E-state index contributed by atoms with van der Waals surface area (Å²) in [5.41, 5.74) is 0.646. The largest absolute Gasteiger partial charge is 0.383 e. The van der Waals surface area contributed by atoms with Gasteiger partial charge in [0.05, 0.1) is 5.02 Å². The third-order valence-electron chi connectivity index (χ3n) is 1.47. The van der Waals surface area contributed by atoms with Crippen molar-refractivity contribution in [3.8, 4) is 0 Å². The van der Waals surface area contributed by atoms with Gasteiger partial charge >= 0.3 is 0 Å². The minimum atomic E-state index is -0.793. The van der Waals surface area contributed by atoms with Gasteiger partial charge in [0.1, 0.15) is 6.10 Å². The Balaban J connectivity index is 3.27. The maximum Gasteiger partial charge on any atom is 0.108 e. The van der Waals surface area contributed by atoms with Crippen molar-refractivity contribution in [2.45, 2.75) is 6.10 Å². The summed E-state index contributed by atoms with van der Waals surface area (Å²) in [5, 5.41) is 11.8. The zero-order valence-electron chi connectivity index (χ0n) is 6.30. The SMILES string of the molecule is OC(C=S)c1cc(Cl)cc(Cl)c1I. The Morgan fingerprint density at radius 2 is 2.08 bits per heavy atom. The van der Waals surface area contributed by atoms with Crippen LogP contribution in [0.15, 0.2) is 12.1 Å². The minimum absolute atomic E-state index is 0.497. The van der Waals surface area contributed by atoms with Crippen LogP contribution in [0.5, 0.6) is 0 Å². The molecule has 5 heteroatoms. The molecule has 0 aliphatic heterocycles. The molecule has 1 nitrogen and oxygen atoms in total. The number of halogens is 3. The lowest BCUT2D eigenvalue weighted by Gasteiger charge is -2.09. The summed E-state index contributed by atoms with van der Waals surface area (Å²) >= 11 is 18.3. The van der Waals surface area contributed by atoms with E-state index in [1.54, 1.807) is 12.1 Å². The quantitative estimate of drug-likeness (QED) is 0.501. The van der Waals surface area contributed by atoms with Crippen molar-refractivity contribution < 1.29 is 5.11 Å². The molecule has 70 valence electrons. The van der Waals surface area contributed by atoms with Crippen LogP contribution in [0.2, 0.25) is 10.0 Å². The molecule has 1 rings (SSSR count). The van der Waals surface area contributed by atoms with Crippen LogP contribution in [0.4, 0.5) is 0 Å². The van der Waals surface area contributed by atoms with Crippen molar-refractivity contribution in [3.63, 3.8) is 0 Å². The fourth-order valence-electron chi connectivity index (χ4n) is 0.864. The second-order valence-corrected chi connectivity index (χ2v) is 4.57. The second kappa shape index (κ2) is 4.89. The van der Waals surface area contributed by atoms with E-state index in [1.165, 1.54) is 5.37 Å². The highest BCUT2D eigenvalue weighted by atomic mass is 127. The molecule has 0 amide bonds. The highest BCUT2D eigenvalue weighted by molar-refractivity contribution is 14.1. The van der Waals surface area contributed by atoms with Gasteiger partial charge in [0.25, 0.3) is 0 Å². The molecule has 0 aliphatic rings. The molecule has 0 heterocycles. The Morgan fingerprint density at radius 1 is 1.46 bits per heavy atom. The van der Waals surface area contributed by atoms with E-state index < -0.39 is 6.10 Å². The number of thiocarbonyl (C=S) groups is 1. The summed E-state index contributed by atoms with van der Waals surface area (Å²) in [6.07, 6.45) is -0.793. The van der Waals surface area contributed by atoms with E-state index in [0.717, 1.165) is 3.57 Å². The molecular formula is C8H5Cl2IOS. The normalized spacial score (nSPS) is 12.6. The number of aliphatic hydroxyl groups excluding tert-OH is 1. The van der Waals surface area contributed by atoms with Crippen LogP contribution >= 0.6 is 58.0 Å². The van der Waals surface area contributed by atoms with E-state index in [4.69, 9.17) is 23.2 Å². The Labute approximate surface area is 105 Å². The van der Waals surface area contributed by atoms with Gasteiger partial charge in [0, 0.05) is 19.5 Å². The molecule has 1 unspecified atom stereocenters. The fraction of sp³-hybridized carbons (Fsp3) is 0.125. The van der Waals surface area contributed by atoms with Crippen molar-refractivity contribution in [1.82, 2.24) is 0 Å². The summed E-state index contributed by atoms with van der Waals surface area (Å²) in [5.74, 6) is 0. The Morgan fingerprint density at radius 3 is 2.62 bits per heavy atom. The molecule has 0 saturated heterocycles. The van der Waals surface area contributed by atoms with Gasteiger partial charge in [-0.15, -0.1) is 0 Å². The summed E-state index contributed by atoms with van der Waals surface area (Å²) in [6, 6.07) is 3.28. The number of aliphatic hydroxyl groups is 1. The summed E-state index contributed by atoms with van der Waals surface area (Å²) < 4.78 is 0.775. The lowest BCUT2D eigenvalue weighted by atomic mass is 10.1. The third-order valence-corrected chi connectivity index (χ3v) is 3.77. The van der Waals surface area contributed by atoms with E-state index in [0.29, 0.717) is 15.6 Å². The molecule has 0 spiro atoms. The first-order valence-electron chi connectivity index (χ1n) is 3.34. The molecular weight excluding hydrogens is 342 g/mol. The smallest absolute Gasteiger partial charge is 0.108 e. The highest BCUT2D eigenvalue weighted by Gasteiger charge is 2.12. The lowest BCUT2D eigenvalue weighted by Crippen LogP contribution is -2.00. The summed E-state index contributed by atoms with van der Waals surface area (Å²) in [7, 11) is 0. The molecule has 0 bridgehead atoms. The topological polar surface area (TPSA) is 20.2 Å². The van der Waals surface area contributed by atoms with Gasteiger partial charge in [0.15, 0.2) is 0 Å². The van der Waals surface area contributed by atoms with E-state index in [1.807, 2.05) is 22.6 Å². The Bertz CT molecular complexity index is 343. The maximum absolute atomic E-state index is 9.48. The van der Waals surface area contributed by atoms with Gasteiger partial charge in [-0.25, -0.2) is 0 Å². The average Bonchev–Trinajstić information content (AvgIpc) is 2.10. The van der Waals surface area contributed by atoms with Crippen LogP contribution in [-0.4, -0.2) is 10.5 Å². The summed E-state index contributed by atoms with van der Waals surface area (Å²) in [4.78, 5) is 0. The van der Waals surface area contributed by atoms with Crippen molar-refractivity contribution in [3.05, 3.63) is 31.3 Å². The monoisotopic (exact) mass is 346 g/mol. The standard InChI is InChI=1S/C8H5Cl2IOS/c9-4-1-5(7(12)3-13)8(11)6(10)2-4/h1-3,7,12H. The van der Waals surface area contributed by atoms with Crippen molar-refractivity contribution in [1.29, 1.82) is 0 Å². The average molecular weight is 347 g/mol. The van der Waals surface area contributed by atoms with Crippen LogP contribution in [0, 0.1) is 3.57 Å². The molecule has 0 radical (unpaired) electrons. The molecule has 0 saturated carbocycles. The lowest BCUT2D eigenvalue weighted by molar-refractivity contribution is 0.254. The van der Waals surface area contributed by atoms with Gasteiger partial charge in [0.2, 0.25) is 0 Å². The van der Waals surface area contributed by atoms with Crippen LogP contribution in [0.3, 0.4) is 0 Å². The van der Waals surface area contributed by atoms with Gasteiger partial charge in [-0.3, -0.25) is 0 Å². The summed E-state index contributed by atoms with van der Waals surface area (Å²) in [6.45, 7) is 0. The molecule has 1 N–H and O–H groups in total. The second-order valence-electron chi connectivity index (χ2n) is 2.37. The van der Waals surface area contributed by atoms with E-state index in [2.05, 4.69) is 12.2 Å². The molecule has 0 aliphatic carbocycles. The predicted octanol–water partition coefficient (Wildman–Crippen LogP) is 3.63. The molecule has 1 aromatic rings. The molecule has 1 atom stereocenters. The van der Waals surface area contributed by atoms with Crippen LogP contribution in [0.25, 0.3) is 0 Å². The molecule has 0 aromatic heterocycles. The van der Waals surface area contributed by atoms with Crippen LogP contribution in [-0.2, 0) is 0 Å². The Kier molecular flexibility index (Phi) is 4.38. The number of rotatable bonds is 2. The molecule has 1 aromatic carbocycles. The van der Waals surface area contributed by atoms with E-state index in [9.17, 15) is 5.11 Å². The zero-order valence-corrected chi connectivity index (χ0v) is 10.8. The Hall–Kier alpha value is 0.580. The first-order valence-corrected chi connectivity index (χ1v) is 5.64. The molecule has 0 fully saturated rings. The van der Waals surface area contributed by atoms with E-state index in [-0.39, 0.29) is 0 Å². The number of hydrogen-bond acceptors (Lipinski definition) is 2. The van der Waals surface area contributed by atoms with Gasteiger partial charge in [-0.2, -0.15) is 0 Å². The third kappa shape index (κ3) is 2.76. The van der Waals surface area contributed by atoms with Crippen molar-refractivity contribution in [2.24, 2.45) is 0 Å². The van der Waals surface area contributed by atoms with Crippen molar-refractivity contribution in [2.75, 3.05) is 0 Å². The minimum Gasteiger partial charge on any atom is -0.383 e.